The Labute approximate surface area is 164 Å². The van der Waals surface area contributed by atoms with E-state index in [-0.39, 0.29) is 13.2 Å². The molecule has 0 aliphatic heterocycles. The van der Waals surface area contributed by atoms with E-state index in [1.165, 1.54) is 4.90 Å². The topological polar surface area (TPSA) is 70.0 Å². The highest BCUT2D eigenvalue weighted by atomic mass is 16.6. The van der Waals surface area contributed by atoms with Crippen LogP contribution < -0.4 is 4.74 Å². The number of para-hydroxylation sites is 1. The first-order chi connectivity index (χ1) is 13.7. The minimum absolute atomic E-state index is 0.0229. The van der Waals surface area contributed by atoms with Gasteiger partial charge in [-0.15, -0.1) is 0 Å². The lowest BCUT2D eigenvalue weighted by Crippen LogP contribution is -2.41. The number of aliphatic hydroxyl groups excluding tert-OH is 2. The zero-order chi connectivity index (χ0) is 19.8. The van der Waals surface area contributed by atoms with Crippen molar-refractivity contribution in [3.63, 3.8) is 0 Å². The highest BCUT2D eigenvalue weighted by Crippen LogP contribution is 2.34. The summed E-state index contributed by atoms with van der Waals surface area (Å²) < 4.78 is 5.48. The molecule has 0 aliphatic carbocycles. The molecule has 0 fully saturated rings. The third kappa shape index (κ3) is 4.76. The Hall–Kier alpha value is -3.15. The van der Waals surface area contributed by atoms with Crippen molar-refractivity contribution in [1.29, 1.82) is 0 Å². The maximum Gasteiger partial charge on any atom is 0.415 e. The van der Waals surface area contributed by atoms with Gasteiger partial charge in [0, 0.05) is 6.54 Å². The van der Waals surface area contributed by atoms with Crippen molar-refractivity contribution in [3.05, 3.63) is 102 Å². The number of hydrogen-bond acceptors (Lipinski definition) is 4. The van der Waals surface area contributed by atoms with Gasteiger partial charge in [-0.3, -0.25) is 4.90 Å². The van der Waals surface area contributed by atoms with E-state index in [1.807, 2.05) is 54.6 Å². The minimum Gasteiger partial charge on any atom is -0.410 e. The fourth-order valence-corrected chi connectivity index (χ4v) is 3.12. The number of aliphatic hydroxyl groups is 2. The van der Waals surface area contributed by atoms with Crippen LogP contribution in [0.15, 0.2) is 91.0 Å². The van der Waals surface area contributed by atoms with Crippen LogP contribution in [0.4, 0.5) is 4.79 Å². The first-order valence-electron chi connectivity index (χ1n) is 9.13. The summed E-state index contributed by atoms with van der Waals surface area (Å²) in [5.41, 5.74) is 1.42. The molecule has 5 heteroatoms. The number of carbonyl (C=O) groups excluding carboxylic acids is 1. The summed E-state index contributed by atoms with van der Waals surface area (Å²) in [7, 11) is 0. The Morgan fingerprint density at radius 1 is 0.821 bits per heavy atom. The summed E-state index contributed by atoms with van der Waals surface area (Å²) in [5.74, 6) is 0.399. The van der Waals surface area contributed by atoms with Gasteiger partial charge in [0.15, 0.2) is 0 Å². The highest BCUT2D eigenvalue weighted by molar-refractivity contribution is 5.71. The lowest BCUT2D eigenvalue weighted by atomic mass is 9.94. The van der Waals surface area contributed by atoms with Crippen molar-refractivity contribution in [2.75, 3.05) is 13.2 Å². The second-order valence-electron chi connectivity index (χ2n) is 6.31. The number of carbonyl (C=O) groups is 1. The molecule has 0 spiro atoms. The summed E-state index contributed by atoms with van der Waals surface area (Å²) in [6, 6.07) is 26.4. The molecule has 3 aromatic carbocycles. The molecule has 0 unspecified atom stereocenters. The number of benzene rings is 3. The smallest absolute Gasteiger partial charge is 0.410 e. The number of nitrogens with zero attached hydrogens (tertiary/aromatic N) is 1. The van der Waals surface area contributed by atoms with E-state index in [1.54, 1.807) is 36.4 Å². The van der Waals surface area contributed by atoms with Crippen molar-refractivity contribution in [3.8, 4) is 5.75 Å². The van der Waals surface area contributed by atoms with Gasteiger partial charge in [-0.1, -0.05) is 78.9 Å². The highest BCUT2D eigenvalue weighted by Gasteiger charge is 2.33. The molecule has 0 heterocycles. The van der Waals surface area contributed by atoms with Crippen LogP contribution in [0.3, 0.4) is 0 Å². The number of rotatable bonds is 7. The molecule has 0 radical (unpaired) electrons. The van der Waals surface area contributed by atoms with Crippen LogP contribution in [0.25, 0.3) is 0 Å². The van der Waals surface area contributed by atoms with Crippen molar-refractivity contribution in [2.45, 2.75) is 12.1 Å². The fourth-order valence-electron chi connectivity index (χ4n) is 3.12. The van der Waals surface area contributed by atoms with Gasteiger partial charge in [0.05, 0.1) is 12.6 Å². The molecule has 2 atom stereocenters. The summed E-state index contributed by atoms with van der Waals surface area (Å²) in [6.07, 6.45) is -1.62. The van der Waals surface area contributed by atoms with Crippen LogP contribution >= 0.6 is 0 Å². The van der Waals surface area contributed by atoms with Crippen molar-refractivity contribution < 1.29 is 19.7 Å². The normalized spacial score (nSPS) is 12.8. The largest absolute Gasteiger partial charge is 0.415 e. The molecule has 3 rings (SSSR count). The Balaban J connectivity index is 1.96. The third-order valence-electron chi connectivity index (χ3n) is 4.44. The van der Waals surface area contributed by atoms with Crippen LogP contribution in [-0.4, -0.2) is 34.4 Å². The monoisotopic (exact) mass is 377 g/mol. The van der Waals surface area contributed by atoms with Gasteiger partial charge in [-0.25, -0.2) is 4.79 Å². The Morgan fingerprint density at radius 3 is 1.86 bits per heavy atom. The zero-order valence-electron chi connectivity index (χ0n) is 15.4. The van der Waals surface area contributed by atoms with Gasteiger partial charge in [-0.05, 0) is 23.3 Å². The maximum absolute atomic E-state index is 12.9. The van der Waals surface area contributed by atoms with E-state index < -0.39 is 18.2 Å². The van der Waals surface area contributed by atoms with Crippen LogP contribution in [-0.2, 0) is 0 Å². The van der Waals surface area contributed by atoms with E-state index in [0.29, 0.717) is 11.3 Å². The van der Waals surface area contributed by atoms with Gasteiger partial charge < -0.3 is 14.9 Å². The van der Waals surface area contributed by atoms with Crippen molar-refractivity contribution >= 4 is 6.09 Å². The van der Waals surface area contributed by atoms with Crippen LogP contribution in [0, 0.1) is 0 Å². The van der Waals surface area contributed by atoms with Gasteiger partial charge in [0.2, 0.25) is 0 Å². The molecule has 0 aliphatic rings. The molecule has 144 valence electrons. The molecular formula is C23H23NO4. The van der Waals surface area contributed by atoms with Gasteiger partial charge >= 0.3 is 6.09 Å². The molecule has 0 saturated carbocycles. The van der Waals surface area contributed by atoms with Gasteiger partial charge in [0.25, 0.3) is 0 Å². The predicted octanol–water partition coefficient (Wildman–Crippen LogP) is 3.95. The molecule has 28 heavy (non-hydrogen) atoms. The summed E-state index contributed by atoms with van der Waals surface area (Å²) in [5, 5.41) is 20.7. The molecule has 1 amide bonds. The molecule has 3 aromatic rings. The third-order valence-corrected chi connectivity index (χ3v) is 4.44. The fraction of sp³-hybridized carbons (Fsp3) is 0.174. The lowest BCUT2D eigenvalue weighted by Gasteiger charge is -2.34. The second kappa shape index (κ2) is 9.69. The lowest BCUT2D eigenvalue weighted by molar-refractivity contribution is 0.0416. The Bertz CT molecular complexity index is 856. The average Bonchev–Trinajstić information content (AvgIpc) is 2.75. The molecule has 0 aromatic heterocycles. The van der Waals surface area contributed by atoms with E-state index in [4.69, 9.17) is 4.74 Å². The molecule has 5 nitrogen and oxygen atoms in total. The first kappa shape index (κ1) is 19.6. The van der Waals surface area contributed by atoms with Crippen LogP contribution in [0.1, 0.15) is 23.3 Å². The quantitative estimate of drug-likeness (QED) is 0.654. The average molecular weight is 377 g/mol. The summed E-state index contributed by atoms with van der Waals surface area (Å²) >= 11 is 0. The predicted molar refractivity (Wildman–Crippen MR) is 107 cm³/mol. The second-order valence-corrected chi connectivity index (χ2v) is 6.31. The van der Waals surface area contributed by atoms with Gasteiger partial charge in [0.1, 0.15) is 11.9 Å². The van der Waals surface area contributed by atoms with Crippen LogP contribution in [0.5, 0.6) is 5.75 Å². The van der Waals surface area contributed by atoms with Crippen molar-refractivity contribution in [2.24, 2.45) is 0 Å². The first-order valence-corrected chi connectivity index (χ1v) is 9.13. The maximum atomic E-state index is 12.9. The zero-order valence-corrected chi connectivity index (χ0v) is 15.4. The van der Waals surface area contributed by atoms with E-state index in [0.717, 1.165) is 5.56 Å². The SMILES string of the molecule is O=C(Oc1ccccc1)N(CCO)[C@@H](c1ccccc1)[C@H](O)c1ccccc1. The van der Waals surface area contributed by atoms with Gasteiger partial charge in [-0.2, -0.15) is 0 Å². The number of hydrogen-bond donors (Lipinski definition) is 2. The number of amides is 1. The van der Waals surface area contributed by atoms with Crippen LogP contribution in [0.2, 0.25) is 0 Å². The Kier molecular flexibility index (Phi) is 6.78. The van der Waals surface area contributed by atoms with Crippen molar-refractivity contribution in [1.82, 2.24) is 4.90 Å². The molecule has 0 saturated heterocycles. The molecular weight excluding hydrogens is 354 g/mol. The Morgan fingerprint density at radius 2 is 1.32 bits per heavy atom. The standard InChI is InChI=1S/C23H23NO4/c25-17-16-24(23(27)28-20-14-8-3-9-15-20)21(18-10-4-1-5-11-18)22(26)19-12-6-2-7-13-19/h1-15,21-22,25-26H,16-17H2/t21-,22+/m0/s1. The van der Waals surface area contributed by atoms with E-state index in [2.05, 4.69) is 0 Å². The molecule has 2 N–H and O–H groups in total. The minimum atomic E-state index is -0.988. The van der Waals surface area contributed by atoms with E-state index in [9.17, 15) is 15.0 Å². The molecule has 0 bridgehead atoms. The summed E-state index contributed by atoms with van der Waals surface area (Å²) in [4.78, 5) is 14.3. The summed E-state index contributed by atoms with van der Waals surface area (Å²) in [6.45, 7) is -0.232. The van der Waals surface area contributed by atoms with E-state index >= 15 is 0 Å². The number of ether oxygens (including phenoxy) is 1.